The molecule has 1 aliphatic rings. The van der Waals surface area contributed by atoms with Crippen molar-refractivity contribution in [2.45, 2.75) is 39.5 Å². The van der Waals surface area contributed by atoms with Gasteiger partial charge in [0, 0.05) is 30.5 Å². The van der Waals surface area contributed by atoms with Crippen LogP contribution in [0.25, 0.3) is 10.8 Å². The zero-order valence-electron chi connectivity index (χ0n) is 14.8. The van der Waals surface area contributed by atoms with Gasteiger partial charge in [0.25, 0.3) is 5.91 Å². The number of anilines is 1. The van der Waals surface area contributed by atoms with Gasteiger partial charge in [-0.05, 0) is 49.3 Å². The number of benzene rings is 2. The monoisotopic (exact) mass is 340 g/mol. The lowest BCUT2D eigenvalue weighted by molar-refractivity contribution is -0.140. The molecule has 2 aromatic rings. The molecule has 0 aliphatic carbocycles. The number of hydrogen-bond acceptors (Lipinski definition) is 4. The maximum atomic E-state index is 13.0. The molecule has 5 nitrogen and oxygen atoms in total. The fourth-order valence-corrected chi connectivity index (χ4v) is 3.31. The van der Waals surface area contributed by atoms with Crippen molar-refractivity contribution >= 4 is 28.3 Å². The van der Waals surface area contributed by atoms with Crippen LogP contribution in [0.2, 0.25) is 0 Å². The van der Waals surface area contributed by atoms with E-state index in [1.165, 1.54) is 6.42 Å². The fraction of sp³-hybridized carbons (Fsp3) is 0.400. The number of hydrogen-bond donors (Lipinski definition) is 1. The number of aryl methyl sites for hydroxylation is 1. The van der Waals surface area contributed by atoms with Crippen LogP contribution in [0.1, 0.15) is 48.5 Å². The van der Waals surface area contributed by atoms with Gasteiger partial charge in [0.2, 0.25) is 0 Å². The first kappa shape index (κ1) is 17.3. The molecule has 25 heavy (non-hydrogen) atoms. The molecule has 1 heterocycles. The van der Waals surface area contributed by atoms with Gasteiger partial charge in [0.15, 0.2) is 0 Å². The number of amides is 1. The summed E-state index contributed by atoms with van der Waals surface area (Å²) in [5.74, 6) is -0.245. The summed E-state index contributed by atoms with van der Waals surface area (Å²) in [6.07, 6.45) is 3.62. The lowest BCUT2D eigenvalue weighted by Gasteiger charge is -2.27. The van der Waals surface area contributed by atoms with E-state index < -0.39 is 0 Å². The standard InChI is InChI=1S/C20H24N2O3/c1-3-18(23)25-21-17-11-10-16(19-14(2)8-7-9-15(17)19)20(24)22-12-5-4-6-13-22/h7-11,21H,3-6,12-13H2,1-2H3. The van der Waals surface area contributed by atoms with Gasteiger partial charge in [-0.3, -0.25) is 4.79 Å². The molecule has 0 radical (unpaired) electrons. The molecule has 1 amide bonds. The van der Waals surface area contributed by atoms with Gasteiger partial charge in [-0.25, -0.2) is 10.3 Å². The summed E-state index contributed by atoms with van der Waals surface area (Å²) in [5, 5.41) is 1.79. The normalized spacial score (nSPS) is 14.4. The highest BCUT2D eigenvalue weighted by molar-refractivity contribution is 6.11. The predicted octanol–water partition coefficient (Wildman–Crippen LogP) is 4.05. The van der Waals surface area contributed by atoms with E-state index in [0.717, 1.165) is 42.3 Å². The van der Waals surface area contributed by atoms with E-state index in [-0.39, 0.29) is 11.9 Å². The van der Waals surface area contributed by atoms with Crippen LogP contribution >= 0.6 is 0 Å². The van der Waals surface area contributed by atoms with Crippen LogP contribution in [-0.4, -0.2) is 29.9 Å². The largest absolute Gasteiger partial charge is 0.343 e. The molecule has 5 heteroatoms. The molecule has 0 aromatic heterocycles. The first-order chi connectivity index (χ1) is 12.1. The summed E-state index contributed by atoms with van der Waals surface area (Å²) in [7, 11) is 0. The number of rotatable bonds is 4. The van der Waals surface area contributed by atoms with Crippen molar-refractivity contribution in [3.63, 3.8) is 0 Å². The van der Waals surface area contributed by atoms with E-state index >= 15 is 0 Å². The van der Waals surface area contributed by atoms with Crippen LogP contribution in [0.4, 0.5) is 5.69 Å². The van der Waals surface area contributed by atoms with Gasteiger partial charge in [0.05, 0.1) is 5.69 Å². The summed E-state index contributed by atoms with van der Waals surface area (Å²) in [4.78, 5) is 31.4. The Morgan fingerprint density at radius 3 is 2.60 bits per heavy atom. The van der Waals surface area contributed by atoms with Crippen LogP contribution in [0.5, 0.6) is 0 Å². The van der Waals surface area contributed by atoms with Crippen molar-refractivity contribution in [1.29, 1.82) is 0 Å². The molecule has 1 saturated heterocycles. The molecule has 132 valence electrons. The second-order valence-corrected chi connectivity index (χ2v) is 6.44. The topological polar surface area (TPSA) is 58.6 Å². The van der Waals surface area contributed by atoms with Crippen molar-refractivity contribution in [1.82, 2.24) is 4.90 Å². The van der Waals surface area contributed by atoms with Gasteiger partial charge >= 0.3 is 5.97 Å². The Balaban J connectivity index is 2.00. The number of nitrogens with zero attached hydrogens (tertiary/aromatic N) is 1. The zero-order chi connectivity index (χ0) is 17.8. The Morgan fingerprint density at radius 2 is 1.88 bits per heavy atom. The molecule has 0 atom stereocenters. The molecule has 0 spiro atoms. The molecular formula is C20H24N2O3. The van der Waals surface area contributed by atoms with Crippen LogP contribution < -0.4 is 5.48 Å². The average molecular weight is 340 g/mol. The van der Waals surface area contributed by atoms with E-state index in [0.29, 0.717) is 17.7 Å². The Kier molecular flexibility index (Phi) is 5.22. The van der Waals surface area contributed by atoms with Crippen molar-refractivity contribution in [3.8, 4) is 0 Å². The SMILES string of the molecule is CCC(=O)ONc1ccc(C(=O)N2CCCCC2)c2c(C)cccc12. The minimum Gasteiger partial charge on any atom is -0.343 e. The minimum atomic E-state index is -0.325. The third-order valence-corrected chi connectivity index (χ3v) is 4.69. The summed E-state index contributed by atoms with van der Waals surface area (Å²) in [5.41, 5.74) is 5.17. The van der Waals surface area contributed by atoms with E-state index in [9.17, 15) is 9.59 Å². The molecule has 2 aromatic carbocycles. The van der Waals surface area contributed by atoms with Gasteiger partial charge in [-0.1, -0.05) is 25.1 Å². The van der Waals surface area contributed by atoms with Crippen molar-refractivity contribution in [2.75, 3.05) is 18.6 Å². The summed E-state index contributed by atoms with van der Waals surface area (Å²) < 4.78 is 0. The number of carbonyl (C=O) groups excluding carboxylic acids is 2. The number of likely N-dealkylation sites (tertiary alicyclic amines) is 1. The Labute approximate surface area is 147 Å². The third-order valence-electron chi connectivity index (χ3n) is 4.69. The molecule has 1 aliphatic heterocycles. The van der Waals surface area contributed by atoms with E-state index in [2.05, 4.69) is 5.48 Å². The van der Waals surface area contributed by atoms with E-state index in [4.69, 9.17) is 4.84 Å². The Bertz CT molecular complexity index is 795. The fourth-order valence-electron chi connectivity index (χ4n) is 3.31. The third kappa shape index (κ3) is 3.60. The maximum absolute atomic E-state index is 13.0. The van der Waals surface area contributed by atoms with E-state index in [1.807, 2.05) is 42.2 Å². The number of carbonyl (C=O) groups is 2. The van der Waals surface area contributed by atoms with Crippen LogP contribution in [0.3, 0.4) is 0 Å². The number of nitrogens with one attached hydrogen (secondary N) is 1. The first-order valence-electron chi connectivity index (χ1n) is 8.89. The Morgan fingerprint density at radius 1 is 1.12 bits per heavy atom. The molecule has 1 fully saturated rings. The minimum absolute atomic E-state index is 0.0797. The van der Waals surface area contributed by atoms with Crippen molar-refractivity contribution < 1.29 is 14.4 Å². The predicted molar refractivity (Wildman–Crippen MR) is 98.4 cm³/mol. The zero-order valence-corrected chi connectivity index (χ0v) is 14.8. The summed E-state index contributed by atoms with van der Waals surface area (Å²) in [6.45, 7) is 5.38. The highest BCUT2D eigenvalue weighted by atomic mass is 16.7. The average Bonchev–Trinajstić information content (AvgIpc) is 2.66. The van der Waals surface area contributed by atoms with Crippen molar-refractivity contribution in [2.24, 2.45) is 0 Å². The quantitative estimate of drug-likeness (QED) is 0.853. The molecule has 0 bridgehead atoms. The molecule has 0 unspecified atom stereocenters. The van der Waals surface area contributed by atoms with Crippen LogP contribution in [0.15, 0.2) is 30.3 Å². The smallest absolute Gasteiger partial charge is 0.331 e. The van der Waals surface area contributed by atoms with Gasteiger partial charge in [-0.15, -0.1) is 0 Å². The highest BCUT2D eigenvalue weighted by Gasteiger charge is 2.21. The lowest BCUT2D eigenvalue weighted by Crippen LogP contribution is -2.35. The maximum Gasteiger partial charge on any atom is 0.331 e. The second-order valence-electron chi connectivity index (χ2n) is 6.44. The number of piperidine rings is 1. The second kappa shape index (κ2) is 7.55. The summed E-state index contributed by atoms with van der Waals surface area (Å²) in [6, 6.07) is 9.52. The van der Waals surface area contributed by atoms with Crippen LogP contribution in [0, 0.1) is 6.92 Å². The highest BCUT2D eigenvalue weighted by Crippen LogP contribution is 2.31. The van der Waals surface area contributed by atoms with Gasteiger partial charge in [-0.2, -0.15) is 0 Å². The van der Waals surface area contributed by atoms with E-state index in [1.54, 1.807) is 6.92 Å². The molecule has 0 saturated carbocycles. The Hall–Kier alpha value is -2.56. The van der Waals surface area contributed by atoms with Crippen molar-refractivity contribution in [3.05, 3.63) is 41.5 Å². The molecule has 1 N–H and O–H groups in total. The summed E-state index contributed by atoms with van der Waals surface area (Å²) >= 11 is 0. The first-order valence-corrected chi connectivity index (χ1v) is 8.89. The lowest BCUT2D eigenvalue weighted by atomic mass is 9.97. The number of fused-ring (bicyclic) bond motifs is 1. The molecule has 3 rings (SSSR count). The van der Waals surface area contributed by atoms with Gasteiger partial charge < -0.3 is 9.74 Å². The van der Waals surface area contributed by atoms with Gasteiger partial charge in [0.1, 0.15) is 0 Å². The van der Waals surface area contributed by atoms with Crippen LogP contribution in [-0.2, 0) is 9.63 Å². The molecular weight excluding hydrogens is 316 g/mol.